The predicted octanol–water partition coefficient (Wildman–Crippen LogP) is 3.67. The highest BCUT2D eigenvalue weighted by Gasteiger charge is 2.04. The van der Waals surface area contributed by atoms with Gasteiger partial charge in [0.05, 0.1) is 0 Å². The van der Waals surface area contributed by atoms with Gasteiger partial charge in [-0.15, -0.1) is 0 Å². The molecule has 1 nitrogen and oxygen atoms in total. The number of fused-ring (bicyclic) bond motifs is 1. The molecule has 0 aromatic heterocycles. The first-order chi connectivity index (χ1) is 7.26. The fraction of sp³-hybridized carbons (Fsp3) is 0.286. The average Bonchev–Trinajstić information content (AvgIpc) is 2.27. The Morgan fingerprint density at radius 3 is 2.47 bits per heavy atom. The first-order valence-corrected chi connectivity index (χ1v) is 5.49. The highest BCUT2D eigenvalue weighted by atomic mass is 16.3. The van der Waals surface area contributed by atoms with E-state index < -0.39 is 0 Å². The minimum atomic E-state index is 0.341. The number of hydrogen-bond acceptors (Lipinski definition) is 1. The molecule has 0 radical (unpaired) electrons. The molecular weight excluding hydrogens is 184 g/mol. The number of aryl methyl sites for hydroxylation is 2. The molecule has 0 amide bonds. The number of aromatic hydroxyl groups is 1. The van der Waals surface area contributed by atoms with Gasteiger partial charge in [0.1, 0.15) is 5.75 Å². The Morgan fingerprint density at radius 1 is 1.00 bits per heavy atom. The van der Waals surface area contributed by atoms with E-state index in [0.29, 0.717) is 5.75 Å². The first kappa shape index (κ1) is 10.0. The molecule has 0 saturated heterocycles. The normalized spacial score (nSPS) is 10.8. The Bertz CT molecular complexity index is 486. The van der Waals surface area contributed by atoms with Crippen molar-refractivity contribution in [1.82, 2.24) is 0 Å². The van der Waals surface area contributed by atoms with Gasteiger partial charge in [-0.05, 0) is 46.9 Å². The van der Waals surface area contributed by atoms with E-state index in [2.05, 4.69) is 26.0 Å². The van der Waals surface area contributed by atoms with Crippen molar-refractivity contribution in [3.05, 3.63) is 41.5 Å². The third-order valence-electron chi connectivity index (χ3n) is 2.95. The summed E-state index contributed by atoms with van der Waals surface area (Å²) in [6.45, 7) is 4.36. The van der Waals surface area contributed by atoms with Crippen LogP contribution < -0.4 is 0 Å². The van der Waals surface area contributed by atoms with Gasteiger partial charge >= 0.3 is 0 Å². The van der Waals surface area contributed by atoms with E-state index in [1.807, 2.05) is 12.1 Å². The van der Waals surface area contributed by atoms with Crippen LogP contribution >= 0.6 is 0 Å². The van der Waals surface area contributed by atoms with E-state index in [-0.39, 0.29) is 0 Å². The average molecular weight is 200 g/mol. The molecule has 2 aromatic carbocycles. The molecule has 0 aliphatic rings. The monoisotopic (exact) mass is 200 g/mol. The second kappa shape index (κ2) is 3.93. The molecule has 78 valence electrons. The molecule has 2 aromatic rings. The maximum absolute atomic E-state index is 9.42. The van der Waals surface area contributed by atoms with E-state index in [1.165, 1.54) is 16.5 Å². The van der Waals surface area contributed by atoms with E-state index >= 15 is 0 Å². The van der Waals surface area contributed by atoms with Gasteiger partial charge in [0, 0.05) is 0 Å². The quantitative estimate of drug-likeness (QED) is 0.784. The van der Waals surface area contributed by atoms with Gasteiger partial charge in [0.2, 0.25) is 0 Å². The summed E-state index contributed by atoms with van der Waals surface area (Å²) < 4.78 is 0. The molecule has 0 aliphatic carbocycles. The van der Waals surface area contributed by atoms with E-state index in [9.17, 15) is 5.11 Å². The summed E-state index contributed by atoms with van der Waals surface area (Å²) >= 11 is 0. The van der Waals surface area contributed by atoms with Gasteiger partial charge in [0.15, 0.2) is 0 Å². The molecular formula is C14H16O. The highest BCUT2D eigenvalue weighted by Crippen LogP contribution is 2.26. The minimum Gasteiger partial charge on any atom is -0.508 e. The Hall–Kier alpha value is -1.50. The van der Waals surface area contributed by atoms with Gasteiger partial charge in [-0.2, -0.15) is 0 Å². The fourth-order valence-electron chi connectivity index (χ4n) is 2.18. The molecule has 0 heterocycles. The van der Waals surface area contributed by atoms with Crippen LogP contribution in [0.4, 0.5) is 0 Å². The van der Waals surface area contributed by atoms with Crippen molar-refractivity contribution in [2.75, 3.05) is 0 Å². The molecule has 1 heteroatoms. The van der Waals surface area contributed by atoms with Crippen LogP contribution in [0.2, 0.25) is 0 Å². The Balaban J connectivity index is 2.76. The summed E-state index contributed by atoms with van der Waals surface area (Å²) in [7, 11) is 0. The third kappa shape index (κ3) is 1.70. The Kier molecular flexibility index (Phi) is 2.63. The molecule has 2 rings (SSSR count). The maximum atomic E-state index is 9.42. The van der Waals surface area contributed by atoms with Crippen LogP contribution in [0.1, 0.15) is 25.0 Å². The molecule has 0 spiro atoms. The second-order valence-corrected chi connectivity index (χ2v) is 3.82. The van der Waals surface area contributed by atoms with Crippen molar-refractivity contribution in [1.29, 1.82) is 0 Å². The highest BCUT2D eigenvalue weighted by molar-refractivity contribution is 5.88. The Morgan fingerprint density at radius 2 is 1.80 bits per heavy atom. The summed E-state index contributed by atoms with van der Waals surface area (Å²) in [6, 6.07) is 9.87. The van der Waals surface area contributed by atoms with Gasteiger partial charge < -0.3 is 5.11 Å². The summed E-state index contributed by atoms with van der Waals surface area (Å²) in [5.41, 5.74) is 2.82. The summed E-state index contributed by atoms with van der Waals surface area (Å²) in [4.78, 5) is 0. The van der Waals surface area contributed by atoms with Crippen LogP contribution in [0.25, 0.3) is 10.8 Å². The molecule has 0 fully saturated rings. The summed E-state index contributed by atoms with van der Waals surface area (Å²) in [5, 5.41) is 11.8. The van der Waals surface area contributed by atoms with Crippen LogP contribution in [0.3, 0.4) is 0 Å². The lowest BCUT2D eigenvalue weighted by molar-refractivity contribution is 0.476. The fourth-order valence-corrected chi connectivity index (χ4v) is 2.18. The van der Waals surface area contributed by atoms with E-state index in [4.69, 9.17) is 0 Å². The number of phenolic OH excluding ortho intramolecular Hbond substituents is 1. The third-order valence-corrected chi connectivity index (χ3v) is 2.95. The van der Waals surface area contributed by atoms with Crippen molar-refractivity contribution in [2.24, 2.45) is 0 Å². The van der Waals surface area contributed by atoms with Gasteiger partial charge in [0.25, 0.3) is 0 Å². The van der Waals surface area contributed by atoms with Gasteiger partial charge in [-0.3, -0.25) is 0 Å². The van der Waals surface area contributed by atoms with Crippen molar-refractivity contribution in [2.45, 2.75) is 26.7 Å². The predicted molar refractivity (Wildman–Crippen MR) is 64.4 cm³/mol. The molecule has 1 N–H and O–H groups in total. The van der Waals surface area contributed by atoms with Crippen LogP contribution in [0, 0.1) is 0 Å². The number of benzene rings is 2. The van der Waals surface area contributed by atoms with Crippen LogP contribution in [0.15, 0.2) is 30.3 Å². The zero-order valence-electron chi connectivity index (χ0n) is 9.25. The molecule has 0 unspecified atom stereocenters. The molecule has 0 aliphatic heterocycles. The first-order valence-electron chi connectivity index (χ1n) is 5.49. The van der Waals surface area contributed by atoms with Crippen molar-refractivity contribution in [3.8, 4) is 5.75 Å². The van der Waals surface area contributed by atoms with E-state index in [1.54, 1.807) is 6.07 Å². The van der Waals surface area contributed by atoms with Crippen molar-refractivity contribution >= 4 is 10.8 Å². The zero-order valence-corrected chi connectivity index (χ0v) is 9.25. The topological polar surface area (TPSA) is 20.2 Å². The molecule has 0 bridgehead atoms. The minimum absolute atomic E-state index is 0.341. The second-order valence-electron chi connectivity index (χ2n) is 3.82. The van der Waals surface area contributed by atoms with Crippen LogP contribution in [-0.2, 0) is 12.8 Å². The maximum Gasteiger partial charge on any atom is 0.116 e. The molecule has 15 heavy (non-hydrogen) atoms. The number of rotatable bonds is 2. The lowest BCUT2D eigenvalue weighted by Crippen LogP contribution is -1.92. The van der Waals surface area contributed by atoms with Crippen LogP contribution in [0.5, 0.6) is 5.75 Å². The molecule has 0 atom stereocenters. The Labute approximate surface area is 90.4 Å². The lowest BCUT2D eigenvalue weighted by atomic mass is 9.96. The standard InChI is InChI=1S/C14H16O/c1-3-10-5-6-11-9-12(15)7-8-14(11)13(10)4-2/h5-9,15H,3-4H2,1-2H3. The SMILES string of the molecule is CCc1ccc2cc(O)ccc2c1CC. The van der Waals surface area contributed by atoms with Crippen molar-refractivity contribution in [3.63, 3.8) is 0 Å². The van der Waals surface area contributed by atoms with Crippen molar-refractivity contribution < 1.29 is 5.11 Å². The summed E-state index contributed by atoms with van der Waals surface area (Å²) in [6.07, 6.45) is 2.12. The number of hydrogen-bond donors (Lipinski definition) is 1. The zero-order chi connectivity index (χ0) is 10.8. The van der Waals surface area contributed by atoms with E-state index in [0.717, 1.165) is 18.2 Å². The largest absolute Gasteiger partial charge is 0.508 e. The number of phenols is 1. The summed E-state index contributed by atoms with van der Waals surface area (Å²) in [5.74, 6) is 0.341. The van der Waals surface area contributed by atoms with Gasteiger partial charge in [-0.1, -0.05) is 32.0 Å². The molecule has 0 saturated carbocycles. The van der Waals surface area contributed by atoms with Crippen LogP contribution in [-0.4, -0.2) is 5.11 Å². The lowest BCUT2D eigenvalue weighted by Gasteiger charge is -2.10. The van der Waals surface area contributed by atoms with Gasteiger partial charge in [-0.25, -0.2) is 0 Å². The smallest absolute Gasteiger partial charge is 0.116 e.